The van der Waals surface area contributed by atoms with Gasteiger partial charge in [0, 0.05) is 11.1 Å². The van der Waals surface area contributed by atoms with Gasteiger partial charge in [0.1, 0.15) is 5.82 Å². The van der Waals surface area contributed by atoms with Crippen molar-refractivity contribution in [2.45, 2.75) is 13.8 Å². The molecule has 1 aromatic heterocycles. The number of hydrogen-bond donors (Lipinski definition) is 1. The molecular formula is C11H11FN2O. The van der Waals surface area contributed by atoms with Crippen LogP contribution >= 0.6 is 0 Å². The van der Waals surface area contributed by atoms with Crippen molar-refractivity contribution in [3.63, 3.8) is 0 Å². The molecule has 1 aromatic carbocycles. The standard InChI is InChI=1S/C11H11FN2O/c1-6-3-4-8(5-9(6)12)10-7(2)11(13)14-15-10/h3-5H,1-2H3,(H2,13,14). The first-order valence-electron chi connectivity index (χ1n) is 4.58. The topological polar surface area (TPSA) is 52.0 Å². The Labute approximate surface area is 86.7 Å². The summed E-state index contributed by atoms with van der Waals surface area (Å²) in [5.74, 6) is 0.597. The SMILES string of the molecule is Cc1ccc(-c2onc(N)c2C)cc1F. The zero-order chi connectivity index (χ0) is 11.0. The van der Waals surface area contributed by atoms with Crippen LogP contribution in [0.3, 0.4) is 0 Å². The number of nitrogen functional groups attached to an aromatic ring is 1. The molecule has 0 aliphatic rings. The van der Waals surface area contributed by atoms with Crippen LogP contribution in [0.4, 0.5) is 10.2 Å². The van der Waals surface area contributed by atoms with Gasteiger partial charge in [0.2, 0.25) is 0 Å². The Bertz CT molecular complexity index is 505. The van der Waals surface area contributed by atoms with Crippen molar-refractivity contribution in [3.8, 4) is 11.3 Å². The van der Waals surface area contributed by atoms with Gasteiger partial charge in [0.25, 0.3) is 0 Å². The molecule has 0 fully saturated rings. The average Bonchev–Trinajstić information content (AvgIpc) is 2.53. The van der Waals surface area contributed by atoms with Crippen molar-refractivity contribution < 1.29 is 8.91 Å². The lowest BCUT2D eigenvalue weighted by atomic mass is 10.1. The summed E-state index contributed by atoms with van der Waals surface area (Å²) >= 11 is 0. The smallest absolute Gasteiger partial charge is 0.172 e. The third kappa shape index (κ3) is 1.58. The minimum Gasteiger partial charge on any atom is -0.381 e. The number of aryl methyl sites for hydroxylation is 1. The minimum absolute atomic E-state index is 0.262. The molecule has 4 heteroatoms. The van der Waals surface area contributed by atoms with E-state index in [0.29, 0.717) is 22.7 Å². The van der Waals surface area contributed by atoms with E-state index in [-0.39, 0.29) is 5.82 Å². The van der Waals surface area contributed by atoms with Crippen molar-refractivity contribution >= 4 is 5.82 Å². The lowest BCUT2D eigenvalue weighted by Gasteiger charge is -2.00. The van der Waals surface area contributed by atoms with Crippen LogP contribution in [0.25, 0.3) is 11.3 Å². The second-order valence-electron chi connectivity index (χ2n) is 3.49. The molecule has 2 N–H and O–H groups in total. The predicted molar refractivity (Wildman–Crippen MR) is 55.8 cm³/mol. The summed E-state index contributed by atoms with van der Waals surface area (Å²) in [4.78, 5) is 0. The maximum atomic E-state index is 13.3. The molecule has 0 amide bonds. The van der Waals surface area contributed by atoms with Crippen LogP contribution in [-0.2, 0) is 0 Å². The van der Waals surface area contributed by atoms with E-state index in [2.05, 4.69) is 5.16 Å². The molecule has 0 bridgehead atoms. The predicted octanol–water partition coefficient (Wildman–Crippen LogP) is 2.68. The zero-order valence-corrected chi connectivity index (χ0v) is 8.54. The highest BCUT2D eigenvalue weighted by Gasteiger charge is 2.12. The van der Waals surface area contributed by atoms with Crippen LogP contribution in [0.2, 0.25) is 0 Å². The lowest BCUT2D eigenvalue weighted by molar-refractivity contribution is 0.435. The van der Waals surface area contributed by atoms with Gasteiger partial charge >= 0.3 is 0 Å². The summed E-state index contributed by atoms with van der Waals surface area (Å²) < 4.78 is 18.3. The molecule has 0 saturated carbocycles. The van der Waals surface area contributed by atoms with Gasteiger partial charge in [-0.1, -0.05) is 17.3 Å². The van der Waals surface area contributed by atoms with Crippen LogP contribution in [0, 0.1) is 19.7 Å². The van der Waals surface area contributed by atoms with Gasteiger partial charge in [-0.15, -0.1) is 0 Å². The molecule has 0 spiro atoms. The Morgan fingerprint density at radius 1 is 1.33 bits per heavy atom. The van der Waals surface area contributed by atoms with Gasteiger partial charge < -0.3 is 10.3 Å². The van der Waals surface area contributed by atoms with E-state index in [1.54, 1.807) is 26.0 Å². The fraction of sp³-hybridized carbons (Fsp3) is 0.182. The first-order valence-corrected chi connectivity index (χ1v) is 4.58. The Morgan fingerprint density at radius 2 is 2.07 bits per heavy atom. The van der Waals surface area contributed by atoms with Crippen molar-refractivity contribution in [3.05, 3.63) is 35.1 Å². The summed E-state index contributed by atoms with van der Waals surface area (Å²) in [5, 5.41) is 3.62. The van der Waals surface area contributed by atoms with E-state index < -0.39 is 0 Å². The van der Waals surface area contributed by atoms with Crippen LogP contribution in [0.1, 0.15) is 11.1 Å². The number of nitrogens with two attached hydrogens (primary N) is 1. The summed E-state index contributed by atoms with van der Waals surface area (Å²) in [6.07, 6.45) is 0. The minimum atomic E-state index is -0.262. The molecule has 0 aliphatic heterocycles. The van der Waals surface area contributed by atoms with E-state index in [1.807, 2.05) is 0 Å². The first-order chi connectivity index (χ1) is 7.09. The summed E-state index contributed by atoms with van der Waals surface area (Å²) in [6, 6.07) is 4.90. The van der Waals surface area contributed by atoms with Gasteiger partial charge in [0.05, 0.1) is 0 Å². The van der Waals surface area contributed by atoms with E-state index in [4.69, 9.17) is 10.3 Å². The number of nitrogens with zero attached hydrogens (tertiary/aromatic N) is 1. The number of benzene rings is 1. The van der Waals surface area contributed by atoms with Crippen molar-refractivity contribution in [1.82, 2.24) is 5.16 Å². The molecule has 78 valence electrons. The number of aromatic nitrogens is 1. The Morgan fingerprint density at radius 3 is 2.60 bits per heavy atom. The monoisotopic (exact) mass is 206 g/mol. The first kappa shape index (κ1) is 9.71. The second-order valence-corrected chi connectivity index (χ2v) is 3.49. The van der Waals surface area contributed by atoms with Gasteiger partial charge in [-0.3, -0.25) is 0 Å². The number of hydrogen-bond acceptors (Lipinski definition) is 3. The summed E-state index contributed by atoms with van der Waals surface area (Å²) in [5.41, 5.74) is 7.54. The fourth-order valence-electron chi connectivity index (χ4n) is 1.35. The van der Waals surface area contributed by atoms with E-state index in [9.17, 15) is 4.39 Å². The van der Waals surface area contributed by atoms with Gasteiger partial charge in [-0.05, 0) is 25.5 Å². The van der Waals surface area contributed by atoms with E-state index in [0.717, 1.165) is 5.56 Å². The molecule has 0 atom stereocenters. The molecule has 2 rings (SSSR count). The van der Waals surface area contributed by atoms with Crippen molar-refractivity contribution in [1.29, 1.82) is 0 Å². The highest BCUT2D eigenvalue weighted by atomic mass is 19.1. The summed E-state index contributed by atoms with van der Waals surface area (Å²) in [6.45, 7) is 3.50. The number of rotatable bonds is 1. The highest BCUT2D eigenvalue weighted by Crippen LogP contribution is 2.27. The molecule has 0 radical (unpaired) electrons. The Kier molecular flexibility index (Phi) is 2.19. The molecule has 3 nitrogen and oxygen atoms in total. The zero-order valence-electron chi connectivity index (χ0n) is 8.54. The Hall–Kier alpha value is -1.84. The fourth-order valence-corrected chi connectivity index (χ4v) is 1.35. The van der Waals surface area contributed by atoms with Gasteiger partial charge in [-0.2, -0.15) is 0 Å². The lowest BCUT2D eigenvalue weighted by Crippen LogP contribution is -1.87. The maximum Gasteiger partial charge on any atom is 0.172 e. The Balaban J connectivity index is 2.55. The second kappa shape index (κ2) is 3.38. The summed E-state index contributed by atoms with van der Waals surface area (Å²) in [7, 11) is 0. The number of halogens is 1. The molecule has 0 unspecified atom stereocenters. The third-order valence-corrected chi connectivity index (χ3v) is 2.39. The van der Waals surface area contributed by atoms with Crippen LogP contribution in [0.15, 0.2) is 22.7 Å². The number of anilines is 1. The quantitative estimate of drug-likeness (QED) is 0.780. The largest absolute Gasteiger partial charge is 0.381 e. The van der Waals surface area contributed by atoms with Crippen LogP contribution < -0.4 is 5.73 Å². The molecule has 2 aromatic rings. The van der Waals surface area contributed by atoms with Crippen LogP contribution in [0.5, 0.6) is 0 Å². The average molecular weight is 206 g/mol. The molecule has 15 heavy (non-hydrogen) atoms. The van der Waals surface area contributed by atoms with E-state index in [1.165, 1.54) is 6.07 Å². The molecule has 0 saturated heterocycles. The normalized spacial score (nSPS) is 10.6. The third-order valence-electron chi connectivity index (χ3n) is 2.39. The van der Waals surface area contributed by atoms with Gasteiger partial charge in [0.15, 0.2) is 11.6 Å². The highest BCUT2D eigenvalue weighted by molar-refractivity contribution is 5.65. The van der Waals surface area contributed by atoms with Crippen molar-refractivity contribution in [2.24, 2.45) is 0 Å². The van der Waals surface area contributed by atoms with E-state index >= 15 is 0 Å². The van der Waals surface area contributed by atoms with Gasteiger partial charge in [-0.25, -0.2) is 4.39 Å². The van der Waals surface area contributed by atoms with Crippen molar-refractivity contribution in [2.75, 3.05) is 5.73 Å². The maximum absolute atomic E-state index is 13.3. The van der Waals surface area contributed by atoms with Crippen LogP contribution in [-0.4, -0.2) is 5.16 Å². The molecule has 0 aliphatic carbocycles. The molecule has 1 heterocycles. The molecular weight excluding hydrogens is 195 g/mol.